The van der Waals surface area contributed by atoms with Crippen molar-refractivity contribution in [1.82, 2.24) is 15.5 Å². The molecule has 1 aromatic carbocycles. The summed E-state index contributed by atoms with van der Waals surface area (Å²) in [5, 5.41) is 9.89. The van der Waals surface area contributed by atoms with E-state index in [-0.39, 0.29) is 29.9 Å². The molecule has 164 valence electrons. The van der Waals surface area contributed by atoms with E-state index in [0.29, 0.717) is 31.0 Å². The number of halogens is 1. The van der Waals surface area contributed by atoms with Crippen LogP contribution in [0.2, 0.25) is 0 Å². The molecule has 29 heavy (non-hydrogen) atoms. The first kappa shape index (κ1) is 25.7. The number of anilines is 1. The summed E-state index contributed by atoms with van der Waals surface area (Å²) in [6, 6.07) is 8.92. The van der Waals surface area contributed by atoms with Crippen LogP contribution in [0.4, 0.5) is 5.69 Å². The molecule has 3 N–H and O–H groups in total. The minimum atomic E-state index is 0. The number of nitrogens with zero attached hydrogens (tertiary/aromatic N) is 2. The molecule has 1 heterocycles. The maximum absolute atomic E-state index is 11.7. The quantitative estimate of drug-likeness (QED) is 0.280. The smallest absolute Gasteiger partial charge is 0.224 e. The highest BCUT2D eigenvalue weighted by atomic mass is 127. The molecule has 0 aromatic heterocycles. The lowest BCUT2D eigenvalue weighted by Crippen LogP contribution is -2.46. The predicted molar refractivity (Wildman–Crippen MR) is 133 cm³/mol. The second-order valence-electron chi connectivity index (χ2n) is 7.97. The predicted octanol–water partition coefficient (Wildman–Crippen LogP) is 3.83. The van der Waals surface area contributed by atoms with Gasteiger partial charge in [-0.05, 0) is 50.8 Å². The molecule has 0 bridgehead atoms. The van der Waals surface area contributed by atoms with Crippen molar-refractivity contribution in [2.75, 3.05) is 25.0 Å². The summed E-state index contributed by atoms with van der Waals surface area (Å²) in [7, 11) is 0. The molecular formula is C22H38IN5O. The molecule has 1 aliphatic heterocycles. The Kier molecular flexibility index (Phi) is 11.6. The first-order valence-electron chi connectivity index (χ1n) is 10.6. The van der Waals surface area contributed by atoms with Crippen molar-refractivity contribution in [3.63, 3.8) is 0 Å². The van der Waals surface area contributed by atoms with Gasteiger partial charge in [-0.25, -0.2) is 4.99 Å². The molecule has 0 spiro atoms. The van der Waals surface area contributed by atoms with E-state index in [4.69, 9.17) is 4.99 Å². The van der Waals surface area contributed by atoms with E-state index in [1.54, 1.807) is 0 Å². The lowest BCUT2D eigenvalue weighted by molar-refractivity contribution is -0.116. The summed E-state index contributed by atoms with van der Waals surface area (Å²) in [6.45, 7) is 14.5. The van der Waals surface area contributed by atoms with E-state index in [2.05, 4.69) is 48.5 Å². The van der Waals surface area contributed by atoms with Gasteiger partial charge in [0.05, 0.1) is 6.54 Å². The third kappa shape index (κ3) is 8.50. The maximum atomic E-state index is 11.7. The van der Waals surface area contributed by atoms with Crippen molar-refractivity contribution in [3.8, 4) is 0 Å². The summed E-state index contributed by atoms with van der Waals surface area (Å²) in [5.74, 6) is 1.52. The van der Waals surface area contributed by atoms with E-state index in [1.165, 1.54) is 0 Å². The Labute approximate surface area is 193 Å². The Morgan fingerprint density at radius 3 is 2.45 bits per heavy atom. The van der Waals surface area contributed by atoms with Crippen LogP contribution in [0.15, 0.2) is 29.3 Å². The summed E-state index contributed by atoms with van der Waals surface area (Å²) >= 11 is 0. The minimum absolute atomic E-state index is 0. The van der Waals surface area contributed by atoms with Crippen molar-refractivity contribution in [2.45, 2.75) is 66.1 Å². The van der Waals surface area contributed by atoms with E-state index in [9.17, 15) is 4.79 Å². The molecule has 1 aromatic rings. The highest BCUT2D eigenvalue weighted by Crippen LogP contribution is 2.18. The van der Waals surface area contributed by atoms with Crippen molar-refractivity contribution in [2.24, 2.45) is 10.9 Å². The van der Waals surface area contributed by atoms with Crippen LogP contribution < -0.4 is 16.0 Å². The number of hydrogen-bond donors (Lipinski definition) is 3. The Morgan fingerprint density at radius 2 is 1.90 bits per heavy atom. The molecule has 0 radical (unpaired) electrons. The van der Waals surface area contributed by atoms with Crippen LogP contribution in [-0.4, -0.2) is 48.5 Å². The second kappa shape index (κ2) is 13.1. The van der Waals surface area contributed by atoms with E-state index >= 15 is 0 Å². The molecule has 1 saturated heterocycles. The van der Waals surface area contributed by atoms with E-state index < -0.39 is 0 Å². The number of likely N-dealkylation sites (tertiary alicyclic amines) is 1. The fourth-order valence-electron chi connectivity index (χ4n) is 3.42. The zero-order chi connectivity index (χ0) is 20.5. The molecule has 1 aliphatic rings. The Hall–Kier alpha value is -1.35. The highest BCUT2D eigenvalue weighted by Gasteiger charge is 2.31. The van der Waals surface area contributed by atoms with Gasteiger partial charge in [-0.1, -0.05) is 26.0 Å². The fourth-order valence-corrected chi connectivity index (χ4v) is 3.42. The number of guanidine groups is 1. The van der Waals surface area contributed by atoms with Crippen LogP contribution in [0.3, 0.4) is 0 Å². The van der Waals surface area contributed by atoms with Gasteiger partial charge in [0.25, 0.3) is 0 Å². The van der Waals surface area contributed by atoms with Crippen molar-refractivity contribution < 1.29 is 4.79 Å². The van der Waals surface area contributed by atoms with Crippen molar-refractivity contribution in [1.29, 1.82) is 0 Å². The SMILES string of the molecule is CCCC(=O)Nc1ccc(CN=C(NCC)NC2CN(C(C)C)CC2C)cc1.I. The molecule has 1 amide bonds. The number of aliphatic imine (C=N–C) groups is 1. The summed E-state index contributed by atoms with van der Waals surface area (Å²) in [5.41, 5.74) is 1.96. The highest BCUT2D eigenvalue weighted by molar-refractivity contribution is 14.0. The molecule has 2 unspecified atom stereocenters. The molecule has 7 heteroatoms. The minimum Gasteiger partial charge on any atom is -0.357 e. The van der Waals surface area contributed by atoms with E-state index in [1.807, 2.05) is 31.2 Å². The number of nitrogens with one attached hydrogen (secondary N) is 3. The molecular weight excluding hydrogens is 477 g/mol. The number of hydrogen-bond acceptors (Lipinski definition) is 3. The van der Waals surface area contributed by atoms with Gasteiger partial charge < -0.3 is 16.0 Å². The van der Waals surface area contributed by atoms with Gasteiger partial charge in [-0.2, -0.15) is 0 Å². The number of carbonyl (C=O) groups excluding carboxylic acids is 1. The first-order chi connectivity index (χ1) is 13.4. The fraction of sp³-hybridized carbons (Fsp3) is 0.636. The number of carbonyl (C=O) groups is 1. The number of rotatable bonds is 8. The molecule has 0 aliphatic carbocycles. The van der Waals surface area contributed by atoms with Crippen LogP contribution in [-0.2, 0) is 11.3 Å². The topological polar surface area (TPSA) is 68.8 Å². The molecule has 1 fully saturated rings. The normalized spacial score (nSPS) is 19.7. The van der Waals surface area contributed by atoms with Crippen LogP contribution in [0, 0.1) is 5.92 Å². The van der Waals surface area contributed by atoms with Crippen LogP contribution in [0.1, 0.15) is 53.0 Å². The largest absolute Gasteiger partial charge is 0.357 e. The van der Waals surface area contributed by atoms with Gasteiger partial charge in [0.15, 0.2) is 5.96 Å². The zero-order valence-electron chi connectivity index (χ0n) is 18.5. The summed E-state index contributed by atoms with van der Waals surface area (Å²) < 4.78 is 0. The third-order valence-electron chi connectivity index (χ3n) is 5.17. The van der Waals surface area contributed by atoms with Gasteiger partial charge >= 0.3 is 0 Å². The Bertz CT molecular complexity index is 647. The monoisotopic (exact) mass is 515 g/mol. The van der Waals surface area contributed by atoms with Gasteiger partial charge in [-0.3, -0.25) is 9.69 Å². The molecule has 2 atom stereocenters. The lowest BCUT2D eigenvalue weighted by atomic mass is 10.1. The molecule has 2 rings (SSSR count). The molecule has 6 nitrogen and oxygen atoms in total. The van der Waals surface area contributed by atoms with Crippen LogP contribution >= 0.6 is 24.0 Å². The summed E-state index contributed by atoms with van der Waals surface area (Å²) in [4.78, 5) is 19.0. The van der Waals surface area contributed by atoms with Crippen LogP contribution in [0.5, 0.6) is 0 Å². The zero-order valence-corrected chi connectivity index (χ0v) is 20.8. The molecule has 0 saturated carbocycles. The first-order valence-corrected chi connectivity index (χ1v) is 10.6. The Balaban J connectivity index is 0.00000420. The Morgan fingerprint density at radius 1 is 1.21 bits per heavy atom. The average Bonchev–Trinajstić information content (AvgIpc) is 3.02. The number of amides is 1. The lowest BCUT2D eigenvalue weighted by Gasteiger charge is -2.22. The van der Waals surface area contributed by atoms with Gasteiger partial charge in [0.2, 0.25) is 5.91 Å². The standard InChI is InChI=1S/C22H37N5O.HI/c1-6-8-21(28)25-19-11-9-18(10-12-19)13-24-22(23-7-2)26-20-15-27(16(3)4)14-17(20)5;/h9-12,16-17,20H,6-8,13-15H2,1-5H3,(H,25,28)(H2,23,24,26);1H. The number of benzene rings is 1. The second-order valence-corrected chi connectivity index (χ2v) is 7.97. The van der Waals surface area contributed by atoms with Gasteiger partial charge in [0.1, 0.15) is 0 Å². The summed E-state index contributed by atoms with van der Waals surface area (Å²) in [6.07, 6.45) is 1.41. The maximum Gasteiger partial charge on any atom is 0.224 e. The van der Waals surface area contributed by atoms with E-state index in [0.717, 1.165) is 43.3 Å². The third-order valence-corrected chi connectivity index (χ3v) is 5.17. The van der Waals surface area contributed by atoms with Gasteiger partial charge in [-0.15, -0.1) is 24.0 Å². The van der Waals surface area contributed by atoms with Gasteiger partial charge in [0, 0.05) is 43.8 Å². The average molecular weight is 515 g/mol. The van der Waals surface area contributed by atoms with Crippen LogP contribution in [0.25, 0.3) is 0 Å². The van der Waals surface area contributed by atoms with Crippen molar-refractivity contribution in [3.05, 3.63) is 29.8 Å². The van der Waals surface area contributed by atoms with Crippen molar-refractivity contribution >= 4 is 41.5 Å².